The Morgan fingerprint density at radius 3 is 2.38 bits per heavy atom. The van der Waals surface area contributed by atoms with Crippen molar-refractivity contribution in [2.24, 2.45) is 0 Å². The molecule has 0 aliphatic heterocycles. The second kappa shape index (κ2) is 8.47. The number of fused-ring (bicyclic) bond motifs is 1. The maximum Gasteiger partial charge on any atom is 0.433 e. The summed E-state index contributed by atoms with van der Waals surface area (Å²) in [5, 5.41) is 13.9. The number of nitriles is 1. The zero-order chi connectivity index (χ0) is 25.9. The Hall–Kier alpha value is -4.14. The third-order valence-corrected chi connectivity index (χ3v) is 7.31. The molecule has 3 atom stereocenters. The van der Waals surface area contributed by atoms with Crippen molar-refractivity contribution in [1.29, 1.82) is 5.26 Å². The van der Waals surface area contributed by atoms with Crippen LogP contribution in [0, 0.1) is 11.3 Å². The molecule has 12 heteroatoms. The molecule has 2 fully saturated rings. The van der Waals surface area contributed by atoms with Crippen molar-refractivity contribution in [1.82, 2.24) is 34.7 Å². The number of nitrogens with zero attached hydrogens (tertiary/aromatic N) is 7. The fourth-order valence-corrected chi connectivity index (χ4v) is 4.85. The minimum Gasteiger partial charge on any atom is -0.310 e. The number of hydrogen-bond donors (Lipinski definition) is 1. The monoisotopic (exact) mass is 506 g/mol. The van der Waals surface area contributed by atoms with Gasteiger partial charge in [0.25, 0.3) is 5.56 Å². The summed E-state index contributed by atoms with van der Waals surface area (Å²) >= 11 is 0. The lowest BCUT2D eigenvalue weighted by Gasteiger charge is -2.34. The van der Waals surface area contributed by atoms with E-state index in [1.807, 2.05) is 18.5 Å². The van der Waals surface area contributed by atoms with E-state index in [2.05, 4.69) is 25.0 Å². The summed E-state index contributed by atoms with van der Waals surface area (Å²) in [5.74, 6) is 1.60. The summed E-state index contributed by atoms with van der Waals surface area (Å²) in [6.07, 6.45) is 4.28. The Labute approximate surface area is 208 Å². The molecule has 0 unspecified atom stereocenters. The van der Waals surface area contributed by atoms with Crippen LogP contribution in [0.4, 0.5) is 13.2 Å². The molecule has 9 nitrogen and oxygen atoms in total. The minimum atomic E-state index is -4.56. The van der Waals surface area contributed by atoms with E-state index in [1.54, 1.807) is 6.92 Å². The number of hydrogen-bond acceptors (Lipinski definition) is 7. The Balaban J connectivity index is 1.36. The van der Waals surface area contributed by atoms with Crippen LogP contribution in [0.3, 0.4) is 0 Å². The molecule has 1 N–H and O–H groups in total. The molecule has 4 aromatic heterocycles. The van der Waals surface area contributed by atoms with Crippen LogP contribution < -0.4 is 5.56 Å². The molecule has 6 rings (SSSR count). The first-order valence-electron chi connectivity index (χ1n) is 12.0. The summed E-state index contributed by atoms with van der Waals surface area (Å²) in [7, 11) is 0. The number of aromatic amines is 1. The van der Waals surface area contributed by atoms with Gasteiger partial charge in [0.05, 0.1) is 6.04 Å². The van der Waals surface area contributed by atoms with Gasteiger partial charge in [-0.2, -0.15) is 23.5 Å². The maximum atomic E-state index is 13.1. The van der Waals surface area contributed by atoms with E-state index in [0.717, 1.165) is 30.7 Å². The topological polar surface area (TPSA) is 126 Å². The van der Waals surface area contributed by atoms with Gasteiger partial charge in [-0.05, 0) is 55.7 Å². The zero-order valence-electron chi connectivity index (χ0n) is 19.7. The smallest absolute Gasteiger partial charge is 0.310 e. The molecule has 0 amide bonds. The predicted octanol–water partition coefficient (Wildman–Crippen LogP) is 4.34. The Bertz CT molecular complexity index is 1580. The van der Waals surface area contributed by atoms with Crippen molar-refractivity contribution in [2.45, 2.75) is 62.6 Å². The van der Waals surface area contributed by atoms with Crippen LogP contribution in [-0.4, -0.2) is 34.7 Å². The van der Waals surface area contributed by atoms with Gasteiger partial charge < -0.3 is 4.98 Å². The highest BCUT2D eigenvalue weighted by Crippen LogP contribution is 2.47. The average Bonchev–Trinajstić information content (AvgIpc) is 3.63. The Morgan fingerprint density at radius 2 is 1.81 bits per heavy atom. The van der Waals surface area contributed by atoms with Crippen molar-refractivity contribution in [2.75, 3.05) is 0 Å². The van der Waals surface area contributed by atoms with Crippen LogP contribution in [-0.2, 0) is 6.18 Å². The molecule has 2 saturated carbocycles. The lowest BCUT2D eigenvalue weighted by molar-refractivity contribution is -0.141. The van der Waals surface area contributed by atoms with E-state index in [4.69, 9.17) is 4.98 Å². The van der Waals surface area contributed by atoms with Gasteiger partial charge >= 0.3 is 6.18 Å². The fourth-order valence-electron chi connectivity index (χ4n) is 4.85. The molecule has 0 aromatic carbocycles. The molecule has 4 heterocycles. The summed E-state index contributed by atoms with van der Waals surface area (Å²) < 4.78 is 40.2. The van der Waals surface area contributed by atoms with E-state index in [0.29, 0.717) is 23.1 Å². The van der Waals surface area contributed by atoms with Gasteiger partial charge in [-0.15, -0.1) is 0 Å². The largest absolute Gasteiger partial charge is 0.433 e. The number of H-pyrrole nitrogens is 1. The summed E-state index contributed by atoms with van der Waals surface area (Å²) in [6, 6.07) is 3.49. The highest BCUT2D eigenvalue weighted by Gasteiger charge is 2.38. The normalized spacial score (nSPS) is 20.4. The Kier molecular flexibility index (Phi) is 5.33. The first kappa shape index (κ1) is 23.3. The minimum absolute atomic E-state index is 0.00259. The second-order valence-corrected chi connectivity index (χ2v) is 9.64. The van der Waals surface area contributed by atoms with Gasteiger partial charge in [0, 0.05) is 30.4 Å². The quantitative estimate of drug-likeness (QED) is 0.427. The highest BCUT2D eigenvalue weighted by molar-refractivity contribution is 5.80. The van der Waals surface area contributed by atoms with E-state index < -0.39 is 23.5 Å². The van der Waals surface area contributed by atoms with Gasteiger partial charge in [0.1, 0.15) is 28.8 Å². The number of nitrogens with one attached hydrogen (secondary N) is 1. The third-order valence-electron chi connectivity index (χ3n) is 7.31. The van der Waals surface area contributed by atoms with Crippen LogP contribution in [0.2, 0.25) is 0 Å². The zero-order valence-corrected chi connectivity index (χ0v) is 19.7. The van der Waals surface area contributed by atoms with Crippen LogP contribution >= 0.6 is 0 Å². The molecule has 0 bridgehead atoms. The summed E-state index contributed by atoms with van der Waals surface area (Å²) in [5.41, 5.74) is 0.163. The van der Waals surface area contributed by atoms with E-state index in [1.165, 1.54) is 23.6 Å². The van der Waals surface area contributed by atoms with Crippen LogP contribution in [0.25, 0.3) is 11.0 Å². The fraction of sp³-hybridized carbons (Fsp3) is 0.400. The maximum absolute atomic E-state index is 13.1. The van der Waals surface area contributed by atoms with E-state index in [9.17, 15) is 23.2 Å². The average molecular weight is 506 g/mol. The summed E-state index contributed by atoms with van der Waals surface area (Å²) in [4.78, 5) is 33.2. The molecular formula is C25H21F3N8O. The molecule has 0 spiro atoms. The first-order valence-corrected chi connectivity index (χ1v) is 12.0. The van der Waals surface area contributed by atoms with Crippen molar-refractivity contribution < 1.29 is 13.2 Å². The molecule has 37 heavy (non-hydrogen) atoms. The van der Waals surface area contributed by atoms with Gasteiger partial charge in [0.15, 0.2) is 11.3 Å². The van der Waals surface area contributed by atoms with E-state index >= 15 is 0 Å². The standard InChI is InChI=1S/C25H21F3N8O/c1-12(14-4-7-19(30-9-14)25(26,27)28)36-23-20(18(8-29)35-36)24(37)34-22(33-23)17-6-5-16(17)21-31-10-15(11-32-21)13-2-3-13/h4,7,9-13,16-17H,2-3,5-6H2,1H3,(H,33,34,37)/t12-,16-,17-/m0/s1. The Morgan fingerprint density at radius 1 is 1.08 bits per heavy atom. The number of alkyl halides is 3. The SMILES string of the molecule is C[C@@H](c1ccc(C(F)(F)F)nc1)n1nc(C#N)c2c(=O)[nH]c([C@H]3CC[C@@H]3c3ncc(C4CC4)cn3)nc21. The molecule has 4 aromatic rings. The highest BCUT2D eigenvalue weighted by atomic mass is 19.4. The van der Waals surface area contributed by atoms with Crippen molar-refractivity contribution >= 4 is 11.0 Å². The number of pyridine rings is 1. The lowest BCUT2D eigenvalue weighted by atomic mass is 9.72. The molecule has 2 aliphatic carbocycles. The number of aromatic nitrogens is 7. The van der Waals surface area contributed by atoms with Crippen molar-refractivity contribution in [3.63, 3.8) is 0 Å². The first-order chi connectivity index (χ1) is 17.7. The van der Waals surface area contributed by atoms with Crippen molar-refractivity contribution in [3.8, 4) is 6.07 Å². The van der Waals surface area contributed by atoms with Crippen LogP contribution in [0.5, 0.6) is 0 Å². The van der Waals surface area contributed by atoms with Gasteiger partial charge in [0.2, 0.25) is 0 Å². The van der Waals surface area contributed by atoms with Gasteiger partial charge in [-0.3, -0.25) is 9.78 Å². The molecular weight excluding hydrogens is 485 g/mol. The van der Waals surface area contributed by atoms with Crippen molar-refractivity contribution in [3.05, 3.63) is 75.2 Å². The van der Waals surface area contributed by atoms with Crippen LogP contribution in [0.15, 0.2) is 35.5 Å². The van der Waals surface area contributed by atoms with Gasteiger partial charge in [-0.1, -0.05) is 6.07 Å². The number of rotatable bonds is 5. The second-order valence-electron chi connectivity index (χ2n) is 9.64. The summed E-state index contributed by atoms with van der Waals surface area (Å²) in [6.45, 7) is 1.70. The third kappa shape index (κ3) is 4.04. The molecule has 0 radical (unpaired) electrons. The number of halogens is 3. The molecule has 188 valence electrons. The predicted molar refractivity (Wildman–Crippen MR) is 125 cm³/mol. The van der Waals surface area contributed by atoms with Gasteiger partial charge in [-0.25, -0.2) is 19.6 Å². The van der Waals surface area contributed by atoms with Crippen LogP contribution in [0.1, 0.15) is 90.6 Å². The molecule has 2 aliphatic rings. The van der Waals surface area contributed by atoms with E-state index in [-0.39, 0.29) is 28.6 Å². The molecule has 0 saturated heterocycles. The lowest BCUT2D eigenvalue weighted by Crippen LogP contribution is -2.28.